The van der Waals surface area contributed by atoms with Crippen molar-refractivity contribution in [3.63, 3.8) is 0 Å². The molecule has 0 aromatic heterocycles. The molecule has 0 heterocycles. The highest BCUT2D eigenvalue weighted by molar-refractivity contribution is 5.74. The standard InChI is InChI=1S/C11H12O3/c1-8(6-11(13)14)10-4-2-9(7-12)3-5-10/h2-5,7-8H,6H2,1H3,(H,13,14). The van der Waals surface area contributed by atoms with Gasteiger partial charge in [-0.05, 0) is 11.5 Å². The van der Waals surface area contributed by atoms with Gasteiger partial charge in [0, 0.05) is 5.56 Å². The minimum Gasteiger partial charge on any atom is -0.481 e. The van der Waals surface area contributed by atoms with Crippen LogP contribution in [0.15, 0.2) is 24.3 Å². The molecule has 0 fully saturated rings. The van der Waals surface area contributed by atoms with Crippen LogP contribution in [0, 0.1) is 0 Å². The minimum atomic E-state index is -0.808. The van der Waals surface area contributed by atoms with Crippen molar-refractivity contribution in [1.82, 2.24) is 0 Å². The van der Waals surface area contributed by atoms with Gasteiger partial charge < -0.3 is 5.11 Å². The van der Waals surface area contributed by atoms with Crippen molar-refractivity contribution < 1.29 is 14.7 Å². The highest BCUT2D eigenvalue weighted by Crippen LogP contribution is 2.18. The van der Waals surface area contributed by atoms with Gasteiger partial charge in [-0.1, -0.05) is 31.2 Å². The lowest BCUT2D eigenvalue weighted by Crippen LogP contribution is -2.02. The summed E-state index contributed by atoms with van der Waals surface area (Å²) in [7, 11) is 0. The van der Waals surface area contributed by atoms with Crippen molar-refractivity contribution in [2.75, 3.05) is 0 Å². The second-order valence-corrected chi connectivity index (χ2v) is 3.28. The first kappa shape index (κ1) is 10.4. The van der Waals surface area contributed by atoms with Gasteiger partial charge in [0.05, 0.1) is 6.42 Å². The predicted molar refractivity (Wildman–Crippen MR) is 52.5 cm³/mol. The van der Waals surface area contributed by atoms with Crippen LogP contribution in [0.3, 0.4) is 0 Å². The first-order chi connectivity index (χ1) is 6.63. The van der Waals surface area contributed by atoms with E-state index in [0.717, 1.165) is 11.8 Å². The molecule has 0 aliphatic carbocycles. The number of hydrogen-bond acceptors (Lipinski definition) is 2. The van der Waals surface area contributed by atoms with Crippen LogP contribution in [0.2, 0.25) is 0 Å². The molecule has 0 radical (unpaired) electrons. The highest BCUT2D eigenvalue weighted by atomic mass is 16.4. The van der Waals surface area contributed by atoms with Gasteiger partial charge in [-0.2, -0.15) is 0 Å². The Balaban J connectivity index is 2.75. The molecular formula is C11H12O3. The summed E-state index contributed by atoms with van der Waals surface area (Å²) in [4.78, 5) is 20.8. The maximum absolute atomic E-state index is 10.4. The summed E-state index contributed by atoms with van der Waals surface area (Å²) in [5.41, 5.74) is 1.55. The van der Waals surface area contributed by atoms with Crippen molar-refractivity contribution in [3.8, 4) is 0 Å². The number of aldehydes is 1. The molecule has 3 nitrogen and oxygen atoms in total. The van der Waals surface area contributed by atoms with Crippen LogP contribution < -0.4 is 0 Å². The molecule has 1 unspecified atom stereocenters. The zero-order valence-corrected chi connectivity index (χ0v) is 7.93. The average molecular weight is 192 g/mol. The van der Waals surface area contributed by atoms with Gasteiger partial charge in [-0.25, -0.2) is 0 Å². The van der Waals surface area contributed by atoms with Gasteiger partial charge >= 0.3 is 5.97 Å². The van der Waals surface area contributed by atoms with E-state index in [0.29, 0.717) is 5.56 Å². The van der Waals surface area contributed by atoms with Crippen LogP contribution in [0.1, 0.15) is 35.2 Å². The van der Waals surface area contributed by atoms with Crippen molar-refractivity contribution in [2.24, 2.45) is 0 Å². The molecule has 14 heavy (non-hydrogen) atoms. The van der Waals surface area contributed by atoms with Crippen LogP contribution in [-0.4, -0.2) is 17.4 Å². The molecule has 0 saturated carbocycles. The molecule has 1 atom stereocenters. The molecule has 1 rings (SSSR count). The van der Waals surface area contributed by atoms with Crippen LogP contribution in [-0.2, 0) is 4.79 Å². The third kappa shape index (κ3) is 2.69. The Hall–Kier alpha value is -1.64. The fourth-order valence-corrected chi connectivity index (χ4v) is 1.28. The molecule has 1 aromatic rings. The number of carbonyl (C=O) groups is 2. The van der Waals surface area contributed by atoms with Gasteiger partial charge in [0.15, 0.2) is 0 Å². The fourth-order valence-electron chi connectivity index (χ4n) is 1.28. The smallest absolute Gasteiger partial charge is 0.303 e. The second-order valence-electron chi connectivity index (χ2n) is 3.28. The molecule has 0 aliphatic rings. The van der Waals surface area contributed by atoms with Crippen LogP contribution >= 0.6 is 0 Å². The normalized spacial score (nSPS) is 12.1. The Kier molecular flexibility index (Phi) is 3.40. The van der Waals surface area contributed by atoms with Gasteiger partial charge in [-0.3, -0.25) is 9.59 Å². The number of carbonyl (C=O) groups excluding carboxylic acids is 1. The molecule has 0 bridgehead atoms. The molecule has 0 aliphatic heterocycles. The molecule has 0 saturated heterocycles. The zero-order chi connectivity index (χ0) is 10.6. The summed E-state index contributed by atoms with van der Waals surface area (Å²) < 4.78 is 0. The lowest BCUT2D eigenvalue weighted by atomic mass is 9.97. The summed E-state index contributed by atoms with van der Waals surface area (Å²) in [6.45, 7) is 1.85. The summed E-state index contributed by atoms with van der Waals surface area (Å²) in [5.74, 6) is -0.829. The minimum absolute atomic E-state index is 0.0202. The fraction of sp³-hybridized carbons (Fsp3) is 0.273. The molecule has 0 amide bonds. The number of aliphatic carboxylic acids is 1. The van der Waals surface area contributed by atoms with Gasteiger partial charge in [0.2, 0.25) is 0 Å². The van der Waals surface area contributed by atoms with E-state index < -0.39 is 5.97 Å². The number of carboxylic acids is 1. The Bertz CT molecular complexity index is 327. The maximum Gasteiger partial charge on any atom is 0.303 e. The van der Waals surface area contributed by atoms with E-state index in [1.165, 1.54) is 0 Å². The lowest BCUT2D eigenvalue weighted by molar-refractivity contribution is -0.137. The lowest BCUT2D eigenvalue weighted by Gasteiger charge is -2.08. The predicted octanol–water partition coefficient (Wildman–Crippen LogP) is 2.08. The quantitative estimate of drug-likeness (QED) is 0.743. The molecule has 1 N–H and O–H groups in total. The van der Waals surface area contributed by atoms with Crippen molar-refractivity contribution >= 4 is 12.3 Å². The van der Waals surface area contributed by atoms with E-state index in [-0.39, 0.29) is 12.3 Å². The molecule has 0 spiro atoms. The summed E-state index contributed by atoms with van der Waals surface area (Å²) in [5, 5.41) is 8.59. The van der Waals surface area contributed by atoms with E-state index in [9.17, 15) is 9.59 Å². The van der Waals surface area contributed by atoms with E-state index in [1.807, 2.05) is 6.92 Å². The largest absolute Gasteiger partial charge is 0.481 e. The monoisotopic (exact) mass is 192 g/mol. The summed E-state index contributed by atoms with van der Waals surface area (Å²) in [6, 6.07) is 6.97. The van der Waals surface area contributed by atoms with Gasteiger partial charge in [0.25, 0.3) is 0 Å². The Morgan fingerprint density at radius 1 is 1.43 bits per heavy atom. The first-order valence-electron chi connectivity index (χ1n) is 4.40. The SMILES string of the molecule is CC(CC(=O)O)c1ccc(C=O)cc1. The van der Waals surface area contributed by atoms with Crippen molar-refractivity contribution in [1.29, 1.82) is 0 Å². The number of carboxylic acid groups (broad SMARTS) is 1. The van der Waals surface area contributed by atoms with Crippen molar-refractivity contribution in [2.45, 2.75) is 19.3 Å². The van der Waals surface area contributed by atoms with Crippen LogP contribution in [0.25, 0.3) is 0 Å². The van der Waals surface area contributed by atoms with E-state index in [1.54, 1.807) is 24.3 Å². The number of benzene rings is 1. The van der Waals surface area contributed by atoms with E-state index in [2.05, 4.69) is 0 Å². The zero-order valence-electron chi connectivity index (χ0n) is 7.93. The molecule has 74 valence electrons. The number of rotatable bonds is 4. The Morgan fingerprint density at radius 3 is 2.43 bits per heavy atom. The highest BCUT2D eigenvalue weighted by Gasteiger charge is 2.09. The average Bonchev–Trinajstić information content (AvgIpc) is 2.17. The van der Waals surface area contributed by atoms with E-state index in [4.69, 9.17) is 5.11 Å². The molecule has 1 aromatic carbocycles. The Labute approximate surface area is 82.4 Å². The van der Waals surface area contributed by atoms with Crippen molar-refractivity contribution in [3.05, 3.63) is 35.4 Å². The number of hydrogen-bond donors (Lipinski definition) is 1. The first-order valence-corrected chi connectivity index (χ1v) is 4.40. The summed E-state index contributed by atoms with van der Waals surface area (Å²) in [6.07, 6.45) is 0.881. The van der Waals surface area contributed by atoms with Crippen LogP contribution in [0.5, 0.6) is 0 Å². The maximum atomic E-state index is 10.4. The molecule has 3 heteroatoms. The van der Waals surface area contributed by atoms with E-state index >= 15 is 0 Å². The molecular weight excluding hydrogens is 180 g/mol. The van der Waals surface area contributed by atoms with Gasteiger partial charge in [0.1, 0.15) is 6.29 Å². The third-order valence-electron chi connectivity index (χ3n) is 2.12. The van der Waals surface area contributed by atoms with Crippen LogP contribution in [0.4, 0.5) is 0 Å². The topological polar surface area (TPSA) is 54.4 Å². The third-order valence-corrected chi connectivity index (χ3v) is 2.12. The van der Waals surface area contributed by atoms with Gasteiger partial charge in [-0.15, -0.1) is 0 Å². The summed E-state index contributed by atoms with van der Waals surface area (Å²) >= 11 is 0. The Morgan fingerprint density at radius 2 is 2.00 bits per heavy atom. The second kappa shape index (κ2) is 4.56.